The van der Waals surface area contributed by atoms with Crippen LogP contribution >= 0.6 is 0 Å². The van der Waals surface area contributed by atoms with E-state index in [2.05, 4.69) is 27.1 Å². The second kappa shape index (κ2) is 8.84. The van der Waals surface area contributed by atoms with E-state index in [1.165, 1.54) is 6.42 Å². The largest absolute Gasteiger partial charge is 0.339 e. The van der Waals surface area contributed by atoms with Gasteiger partial charge in [-0.15, -0.1) is 0 Å². The van der Waals surface area contributed by atoms with Crippen molar-refractivity contribution in [3.8, 4) is 0 Å². The van der Waals surface area contributed by atoms with E-state index in [4.69, 9.17) is 0 Å². The molecule has 150 valence electrons. The second-order valence-corrected chi connectivity index (χ2v) is 7.83. The first-order valence-corrected chi connectivity index (χ1v) is 9.97. The summed E-state index contributed by atoms with van der Waals surface area (Å²) in [6.45, 7) is 9.08. The molecule has 1 unspecified atom stereocenters. The van der Waals surface area contributed by atoms with Gasteiger partial charge in [0.1, 0.15) is 5.82 Å². The Hall–Kier alpha value is -1.93. The van der Waals surface area contributed by atoms with Crippen LogP contribution < -0.4 is 5.32 Å². The van der Waals surface area contributed by atoms with Crippen LogP contribution in [0.15, 0.2) is 6.07 Å². The monoisotopic (exact) mass is 376 g/mol. The van der Waals surface area contributed by atoms with Crippen molar-refractivity contribution in [2.45, 2.75) is 39.2 Å². The number of nitrogens with zero attached hydrogens (tertiary/aromatic N) is 5. The molecule has 0 aliphatic carbocycles. The number of carbonyl (C=O) groups excluding carboxylic acids is 2. The Labute approximate surface area is 161 Å². The molecular weight excluding hydrogens is 344 g/mol. The fraction of sp³-hybridized carbons (Fsp3) is 0.737. The minimum atomic E-state index is -0.0235. The molecule has 1 N–H and O–H groups in total. The summed E-state index contributed by atoms with van der Waals surface area (Å²) in [6.07, 6.45) is 3.46. The molecule has 2 aliphatic rings. The van der Waals surface area contributed by atoms with Gasteiger partial charge in [-0.3, -0.25) is 24.1 Å². The van der Waals surface area contributed by atoms with E-state index in [1.54, 1.807) is 4.68 Å². The van der Waals surface area contributed by atoms with Crippen LogP contribution in [0.2, 0.25) is 0 Å². The molecule has 0 spiro atoms. The van der Waals surface area contributed by atoms with E-state index in [0.717, 1.165) is 57.1 Å². The van der Waals surface area contributed by atoms with Crippen LogP contribution in [0.5, 0.6) is 0 Å². The van der Waals surface area contributed by atoms with Crippen LogP contribution in [-0.4, -0.2) is 88.1 Å². The van der Waals surface area contributed by atoms with Gasteiger partial charge < -0.3 is 10.2 Å². The van der Waals surface area contributed by atoms with Crippen molar-refractivity contribution in [2.75, 3.05) is 51.1 Å². The molecule has 27 heavy (non-hydrogen) atoms. The fourth-order valence-electron chi connectivity index (χ4n) is 3.97. The number of aromatic nitrogens is 2. The molecule has 0 aromatic carbocycles. The van der Waals surface area contributed by atoms with Crippen LogP contribution in [0.4, 0.5) is 5.82 Å². The molecule has 0 saturated carbocycles. The molecule has 0 bridgehead atoms. The first-order chi connectivity index (χ1) is 12.9. The Morgan fingerprint density at radius 2 is 1.78 bits per heavy atom. The highest BCUT2D eigenvalue weighted by atomic mass is 16.2. The predicted molar refractivity (Wildman–Crippen MR) is 104 cm³/mol. The zero-order valence-corrected chi connectivity index (χ0v) is 16.8. The summed E-state index contributed by atoms with van der Waals surface area (Å²) < 4.78 is 1.68. The van der Waals surface area contributed by atoms with E-state index in [9.17, 15) is 9.59 Å². The van der Waals surface area contributed by atoms with Crippen LogP contribution in [0.1, 0.15) is 31.9 Å². The maximum absolute atomic E-state index is 12.6. The van der Waals surface area contributed by atoms with Crippen molar-refractivity contribution in [3.63, 3.8) is 0 Å². The smallest absolute Gasteiger partial charge is 0.239 e. The van der Waals surface area contributed by atoms with Gasteiger partial charge in [0.05, 0.1) is 18.8 Å². The van der Waals surface area contributed by atoms with Gasteiger partial charge in [-0.05, 0) is 33.1 Å². The van der Waals surface area contributed by atoms with Crippen LogP contribution in [0.25, 0.3) is 0 Å². The number of piperazine rings is 1. The number of piperidine rings is 1. The third-order valence-electron chi connectivity index (χ3n) is 5.58. The van der Waals surface area contributed by atoms with Gasteiger partial charge in [0.2, 0.25) is 11.8 Å². The third kappa shape index (κ3) is 5.29. The lowest BCUT2D eigenvalue weighted by Gasteiger charge is -2.37. The maximum atomic E-state index is 12.6. The molecule has 3 heterocycles. The quantitative estimate of drug-likeness (QED) is 0.818. The molecule has 2 amide bonds. The maximum Gasteiger partial charge on any atom is 0.239 e. The SMILES string of the molecule is Cc1cc(NC(=O)CN2CCN(CC(=O)N3CCCCC3C)CC2)n(C)n1. The number of carbonyl (C=O) groups is 2. The summed E-state index contributed by atoms with van der Waals surface area (Å²) >= 11 is 0. The Kier molecular flexibility index (Phi) is 6.49. The Bertz CT molecular complexity index is 665. The number of likely N-dealkylation sites (tertiary alicyclic amines) is 1. The normalized spacial score (nSPS) is 22.0. The lowest BCUT2D eigenvalue weighted by molar-refractivity contribution is -0.136. The van der Waals surface area contributed by atoms with Gasteiger partial charge >= 0.3 is 0 Å². The number of amides is 2. The first-order valence-electron chi connectivity index (χ1n) is 9.97. The van der Waals surface area contributed by atoms with Crippen molar-refractivity contribution >= 4 is 17.6 Å². The van der Waals surface area contributed by atoms with Crippen LogP contribution in [0.3, 0.4) is 0 Å². The van der Waals surface area contributed by atoms with Gasteiger partial charge in [0.15, 0.2) is 0 Å². The Balaban J connectivity index is 1.40. The first kappa shape index (κ1) is 19.8. The molecule has 1 aromatic heterocycles. The third-order valence-corrected chi connectivity index (χ3v) is 5.58. The zero-order valence-electron chi connectivity index (χ0n) is 16.8. The summed E-state index contributed by atoms with van der Waals surface area (Å²) in [7, 11) is 1.82. The zero-order chi connectivity index (χ0) is 19.4. The molecule has 8 nitrogen and oxygen atoms in total. The minimum absolute atomic E-state index is 0.0235. The fourth-order valence-corrected chi connectivity index (χ4v) is 3.97. The molecule has 3 rings (SSSR count). The molecule has 2 aliphatic heterocycles. The van der Waals surface area contributed by atoms with E-state index in [1.807, 2.05) is 24.9 Å². The highest BCUT2D eigenvalue weighted by Crippen LogP contribution is 2.17. The number of rotatable bonds is 5. The Morgan fingerprint density at radius 3 is 2.37 bits per heavy atom. The molecule has 1 aromatic rings. The van der Waals surface area contributed by atoms with Crippen molar-refractivity contribution in [3.05, 3.63) is 11.8 Å². The van der Waals surface area contributed by atoms with Crippen molar-refractivity contribution in [2.24, 2.45) is 7.05 Å². The second-order valence-electron chi connectivity index (χ2n) is 7.83. The van der Waals surface area contributed by atoms with Crippen LogP contribution in [0, 0.1) is 6.92 Å². The van der Waals surface area contributed by atoms with Gasteiger partial charge in [-0.25, -0.2) is 0 Å². The van der Waals surface area contributed by atoms with E-state index >= 15 is 0 Å². The number of nitrogens with one attached hydrogen (secondary N) is 1. The number of anilines is 1. The average molecular weight is 377 g/mol. The summed E-state index contributed by atoms with van der Waals surface area (Å²) in [5.74, 6) is 0.946. The molecular formula is C19H32N6O2. The number of hydrogen-bond donors (Lipinski definition) is 1. The Morgan fingerprint density at radius 1 is 1.11 bits per heavy atom. The van der Waals surface area contributed by atoms with Crippen molar-refractivity contribution < 1.29 is 9.59 Å². The predicted octanol–water partition coefficient (Wildman–Crippen LogP) is 0.686. The highest BCUT2D eigenvalue weighted by molar-refractivity contribution is 5.91. The van der Waals surface area contributed by atoms with E-state index in [0.29, 0.717) is 19.1 Å². The van der Waals surface area contributed by atoms with Crippen molar-refractivity contribution in [1.82, 2.24) is 24.5 Å². The van der Waals surface area contributed by atoms with Gasteiger partial charge in [0, 0.05) is 51.9 Å². The van der Waals surface area contributed by atoms with Gasteiger partial charge in [0.25, 0.3) is 0 Å². The molecule has 8 heteroatoms. The molecule has 1 atom stereocenters. The number of hydrogen-bond acceptors (Lipinski definition) is 5. The van der Waals surface area contributed by atoms with E-state index < -0.39 is 0 Å². The topological polar surface area (TPSA) is 73.7 Å². The minimum Gasteiger partial charge on any atom is -0.339 e. The van der Waals surface area contributed by atoms with E-state index in [-0.39, 0.29) is 11.8 Å². The summed E-state index contributed by atoms with van der Waals surface area (Å²) in [4.78, 5) is 31.2. The molecule has 2 saturated heterocycles. The average Bonchev–Trinajstić information content (AvgIpc) is 2.94. The highest BCUT2D eigenvalue weighted by Gasteiger charge is 2.26. The summed E-state index contributed by atoms with van der Waals surface area (Å²) in [5.41, 5.74) is 0.883. The van der Waals surface area contributed by atoms with Gasteiger partial charge in [-0.2, -0.15) is 5.10 Å². The lowest BCUT2D eigenvalue weighted by atomic mass is 10.0. The summed E-state index contributed by atoms with van der Waals surface area (Å²) in [6, 6.07) is 2.23. The summed E-state index contributed by atoms with van der Waals surface area (Å²) in [5, 5.41) is 7.15. The lowest BCUT2D eigenvalue weighted by Crippen LogP contribution is -2.53. The number of aryl methyl sites for hydroxylation is 2. The molecule has 2 fully saturated rings. The standard InChI is InChI=1S/C19H32N6O2/c1-15-12-17(22(3)21-15)20-18(26)13-23-8-10-24(11-9-23)14-19(27)25-7-5-4-6-16(25)2/h12,16H,4-11,13-14H2,1-3H3,(H,20,26). The molecule has 0 radical (unpaired) electrons. The van der Waals surface area contributed by atoms with Crippen molar-refractivity contribution in [1.29, 1.82) is 0 Å². The van der Waals surface area contributed by atoms with Crippen LogP contribution in [-0.2, 0) is 16.6 Å². The van der Waals surface area contributed by atoms with Gasteiger partial charge in [-0.1, -0.05) is 0 Å².